The van der Waals surface area contributed by atoms with Crippen molar-refractivity contribution in [2.75, 3.05) is 13.2 Å². The number of rotatable bonds is 9. The van der Waals surface area contributed by atoms with Crippen LogP contribution in [0.2, 0.25) is 0 Å². The van der Waals surface area contributed by atoms with Gasteiger partial charge in [-0.2, -0.15) is 0 Å². The molecule has 2 aliphatic heterocycles. The van der Waals surface area contributed by atoms with Gasteiger partial charge in [-0.05, 0) is 13.8 Å². The van der Waals surface area contributed by atoms with Crippen molar-refractivity contribution in [1.82, 2.24) is 0 Å². The van der Waals surface area contributed by atoms with E-state index >= 15 is 0 Å². The van der Waals surface area contributed by atoms with Crippen molar-refractivity contribution in [3.63, 3.8) is 0 Å². The second-order valence-corrected chi connectivity index (χ2v) is 11.9. The molecule has 0 aromatic carbocycles. The van der Waals surface area contributed by atoms with Crippen molar-refractivity contribution in [3.05, 3.63) is 0 Å². The maximum absolute atomic E-state index is 12.6. The summed E-state index contributed by atoms with van der Waals surface area (Å²) in [6, 6.07) is 0. The van der Waals surface area contributed by atoms with Gasteiger partial charge in [0, 0.05) is 17.5 Å². The summed E-state index contributed by atoms with van der Waals surface area (Å²) < 4.78 is 51.3. The lowest BCUT2D eigenvalue weighted by Gasteiger charge is -2.34. The highest BCUT2D eigenvalue weighted by molar-refractivity contribution is 7.52. The van der Waals surface area contributed by atoms with Crippen molar-refractivity contribution in [3.8, 4) is 0 Å². The summed E-state index contributed by atoms with van der Waals surface area (Å²) in [7, 11) is -8.91. The molecule has 0 aliphatic carbocycles. The molecule has 0 saturated carbocycles. The predicted octanol–water partition coefficient (Wildman–Crippen LogP) is 1.04. The first-order valence-electron chi connectivity index (χ1n) is 9.84. The summed E-state index contributed by atoms with van der Waals surface area (Å²) in [5.74, 6) is -0.616. The van der Waals surface area contributed by atoms with E-state index in [1.807, 2.05) is 0 Å². The summed E-state index contributed by atoms with van der Waals surface area (Å²) >= 11 is 0. The number of phosphoric acid groups is 1. The minimum Gasteiger partial charge on any atom is -0.778 e. The molecule has 29 heavy (non-hydrogen) atoms. The van der Waals surface area contributed by atoms with E-state index in [1.165, 1.54) is 13.8 Å². The number of aliphatic hydroxyl groups excluding tert-OH is 1. The Labute approximate surface area is 172 Å². The van der Waals surface area contributed by atoms with Gasteiger partial charge in [0.1, 0.15) is 19.8 Å². The molecule has 2 heterocycles. The first-order valence-corrected chi connectivity index (χ1v) is 12.9. The molecule has 0 bridgehead atoms. The van der Waals surface area contributed by atoms with E-state index in [0.29, 0.717) is 0 Å². The highest BCUT2D eigenvalue weighted by Gasteiger charge is 2.46. The van der Waals surface area contributed by atoms with E-state index in [9.17, 15) is 24.0 Å². The van der Waals surface area contributed by atoms with Gasteiger partial charge >= 0.3 is 0 Å². The average Bonchev–Trinajstić information content (AvgIpc) is 3.04. The molecule has 12 heteroatoms. The fraction of sp³-hybridized carbons (Fsp3) is 1.00. The Kier molecular flexibility index (Phi) is 8.53. The average molecular weight is 458 g/mol. The lowest BCUT2D eigenvalue weighted by atomic mass is 10.00. The van der Waals surface area contributed by atoms with Crippen molar-refractivity contribution < 1.29 is 47.1 Å². The summed E-state index contributed by atoms with van der Waals surface area (Å²) in [4.78, 5) is 24.5. The van der Waals surface area contributed by atoms with Crippen molar-refractivity contribution in [1.29, 1.82) is 0 Å². The number of hydrogen-bond acceptors (Lipinski definition) is 10. The zero-order chi connectivity index (χ0) is 22.1. The van der Waals surface area contributed by atoms with Gasteiger partial charge < -0.3 is 42.5 Å². The second kappa shape index (κ2) is 9.74. The Morgan fingerprint density at radius 2 is 1.38 bits per heavy atom. The van der Waals surface area contributed by atoms with Crippen LogP contribution in [-0.2, 0) is 32.2 Å². The highest BCUT2D eigenvalue weighted by Crippen LogP contribution is 2.50. The van der Waals surface area contributed by atoms with E-state index in [0.717, 1.165) is 0 Å². The standard InChI is InChI=1S/C17H34O10P2/c1-9(2)28(19,20)23-8-15-17(11(4)13(6)25-15)27-29(21,22)26-16-10(3)12(5)24-14(16)7-18/h9-18H,7-8H2,1-6H3,(H,19,20)(H,21,22)/p-2. The fourth-order valence-corrected chi connectivity index (χ4v) is 5.38. The molecule has 2 rings (SSSR count). The third-order valence-electron chi connectivity index (χ3n) is 5.76. The third kappa shape index (κ3) is 6.10. The van der Waals surface area contributed by atoms with Crippen LogP contribution in [0.5, 0.6) is 0 Å². The molecule has 172 valence electrons. The summed E-state index contributed by atoms with van der Waals surface area (Å²) in [5.41, 5.74) is -0.715. The van der Waals surface area contributed by atoms with Gasteiger partial charge in [-0.1, -0.05) is 27.7 Å². The molecule has 2 fully saturated rings. The van der Waals surface area contributed by atoms with Crippen LogP contribution in [0.1, 0.15) is 41.5 Å². The quantitative estimate of drug-likeness (QED) is 0.497. The topological polar surface area (TPSA) is 147 Å². The molecule has 10 nitrogen and oxygen atoms in total. The maximum Gasteiger partial charge on any atom is 0.268 e. The second-order valence-electron chi connectivity index (χ2n) is 8.18. The van der Waals surface area contributed by atoms with Gasteiger partial charge in [-0.3, -0.25) is 4.57 Å². The molecule has 10 unspecified atom stereocenters. The van der Waals surface area contributed by atoms with E-state index in [-0.39, 0.29) is 37.3 Å². The first kappa shape index (κ1) is 25.4. The molecule has 1 N–H and O–H groups in total. The predicted molar refractivity (Wildman–Crippen MR) is 100 cm³/mol. The van der Waals surface area contributed by atoms with Crippen LogP contribution in [0.4, 0.5) is 0 Å². The zero-order valence-corrected chi connectivity index (χ0v) is 19.4. The Balaban J connectivity index is 2.07. The minimum atomic E-state index is -4.81. The molecule has 0 spiro atoms. The number of phosphoric ester groups is 1. The maximum atomic E-state index is 12.6. The Bertz CT molecular complexity index is 644. The van der Waals surface area contributed by atoms with Crippen molar-refractivity contribution >= 4 is 15.4 Å². The minimum absolute atomic E-state index is 0.272. The normalized spacial score (nSPS) is 42.1. The first-order chi connectivity index (χ1) is 13.3. The number of aliphatic hydroxyl groups is 1. The lowest BCUT2D eigenvalue weighted by Crippen LogP contribution is -2.37. The van der Waals surface area contributed by atoms with Crippen molar-refractivity contribution in [2.24, 2.45) is 11.8 Å². The van der Waals surface area contributed by atoms with Crippen LogP contribution in [-0.4, -0.2) is 60.6 Å². The molecule has 0 amide bonds. The summed E-state index contributed by atoms with van der Waals surface area (Å²) in [6.45, 7) is 9.27. The Morgan fingerprint density at radius 3 is 1.83 bits per heavy atom. The Hall–Kier alpha value is 0.140. The zero-order valence-electron chi connectivity index (χ0n) is 17.6. The molecule has 0 radical (unpaired) electrons. The lowest BCUT2D eigenvalue weighted by molar-refractivity contribution is -0.239. The third-order valence-corrected chi connectivity index (χ3v) is 8.54. The van der Waals surface area contributed by atoms with E-state index < -0.39 is 45.5 Å². The van der Waals surface area contributed by atoms with Crippen LogP contribution in [0.25, 0.3) is 0 Å². The van der Waals surface area contributed by atoms with Gasteiger partial charge in [0.2, 0.25) is 0 Å². The molecular weight excluding hydrogens is 426 g/mol. The molecule has 2 aliphatic rings. The van der Waals surface area contributed by atoms with E-state index in [1.54, 1.807) is 27.7 Å². The molecule has 0 aromatic rings. The fourth-order valence-electron chi connectivity index (χ4n) is 3.42. The monoisotopic (exact) mass is 458 g/mol. The molecule has 10 atom stereocenters. The van der Waals surface area contributed by atoms with Crippen LogP contribution in [0.15, 0.2) is 0 Å². The largest absolute Gasteiger partial charge is 0.778 e. The Morgan fingerprint density at radius 1 is 0.931 bits per heavy atom. The molecular formula is C17H32O10P2-2. The molecule has 0 aromatic heterocycles. The van der Waals surface area contributed by atoms with Gasteiger partial charge in [0.15, 0.2) is 0 Å². The SMILES string of the molecule is CC1OC(CO)C(OP(=O)([O-])OC2C(COP(=O)([O-])C(C)C)OC(C)C2C)C1C. The number of ether oxygens (including phenoxy) is 2. The van der Waals surface area contributed by atoms with Gasteiger partial charge in [0.25, 0.3) is 7.82 Å². The summed E-state index contributed by atoms with van der Waals surface area (Å²) in [6.07, 6.45) is -4.17. The smallest absolute Gasteiger partial charge is 0.268 e. The van der Waals surface area contributed by atoms with Crippen LogP contribution in [0, 0.1) is 11.8 Å². The number of hydrogen-bond donors (Lipinski definition) is 1. The van der Waals surface area contributed by atoms with E-state index in [2.05, 4.69) is 0 Å². The van der Waals surface area contributed by atoms with Crippen molar-refractivity contribution in [2.45, 2.75) is 83.8 Å². The van der Waals surface area contributed by atoms with E-state index in [4.69, 9.17) is 23.0 Å². The van der Waals surface area contributed by atoms with Gasteiger partial charge in [-0.15, -0.1) is 0 Å². The van der Waals surface area contributed by atoms with Gasteiger partial charge in [-0.25, -0.2) is 0 Å². The molecule has 2 saturated heterocycles. The van der Waals surface area contributed by atoms with Crippen LogP contribution >= 0.6 is 15.4 Å². The van der Waals surface area contributed by atoms with Crippen LogP contribution < -0.4 is 9.79 Å². The van der Waals surface area contributed by atoms with Crippen LogP contribution in [0.3, 0.4) is 0 Å². The highest BCUT2D eigenvalue weighted by atomic mass is 31.2. The van der Waals surface area contributed by atoms with Gasteiger partial charge in [0.05, 0.1) is 37.6 Å². The summed E-state index contributed by atoms with van der Waals surface area (Å²) in [5, 5.41) is 9.43.